The van der Waals surface area contributed by atoms with E-state index in [4.69, 9.17) is 5.11 Å². The maximum Gasteiger partial charge on any atom is 0.348 e. The lowest BCUT2D eigenvalue weighted by atomic mass is 9.94. The molecule has 0 aromatic rings. The Hall–Kier alpha value is -1.10. The van der Waals surface area contributed by atoms with Gasteiger partial charge in [0.2, 0.25) is 5.60 Å². The largest absolute Gasteiger partial charge is 0.478 e. The zero-order chi connectivity index (χ0) is 9.57. The number of aliphatic hydroxyl groups is 1. The highest BCUT2D eigenvalue weighted by atomic mass is 16.6. The minimum absolute atomic E-state index is 0.214. The van der Waals surface area contributed by atoms with Crippen molar-refractivity contribution in [1.82, 2.24) is 0 Å². The van der Waals surface area contributed by atoms with Crippen LogP contribution in [0.25, 0.3) is 0 Å². The van der Waals surface area contributed by atoms with Gasteiger partial charge in [-0.1, -0.05) is 0 Å². The molecular weight excluding hydrogens is 164 g/mol. The molecule has 0 aromatic heterocycles. The van der Waals surface area contributed by atoms with Crippen LogP contribution in [0.2, 0.25) is 0 Å². The molecule has 2 unspecified atom stereocenters. The predicted octanol–water partition coefficient (Wildman–Crippen LogP) is -0.472. The van der Waals surface area contributed by atoms with Gasteiger partial charge in [-0.15, -0.1) is 0 Å². The van der Waals surface area contributed by atoms with Gasteiger partial charge < -0.3 is 14.9 Å². The van der Waals surface area contributed by atoms with Crippen LogP contribution in [0.3, 0.4) is 0 Å². The molecule has 0 aromatic carbocycles. The number of hydrogen-bond acceptors (Lipinski definition) is 4. The second-order valence-electron chi connectivity index (χ2n) is 3.38. The van der Waals surface area contributed by atoms with Crippen molar-refractivity contribution in [2.24, 2.45) is 0 Å². The molecule has 2 N–H and O–H groups in total. The summed E-state index contributed by atoms with van der Waals surface area (Å²) in [4.78, 5) is 21.4. The second kappa shape index (κ2) is 2.20. The van der Waals surface area contributed by atoms with Gasteiger partial charge in [-0.2, -0.15) is 0 Å². The van der Waals surface area contributed by atoms with Gasteiger partial charge in [-0.3, -0.25) is 0 Å². The highest BCUT2D eigenvalue weighted by molar-refractivity contribution is 5.89. The van der Waals surface area contributed by atoms with Crippen LogP contribution in [0.15, 0.2) is 0 Å². The fourth-order valence-electron chi connectivity index (χ4n) is 1.20. The molecule has 1 aliphatic heterocycles. The number of ether oxygens (including phenoxy) is 1. The first kappa shape index (κ1) is 8.99. The fraction of sp³-hybridized carbons (Fsp3) is 0.714. The molecule has 5 heteroatoms. The zero-order valence-electron chi connectivity index (χ0n) is 6.83. The Morgan fingerprint density at radius 3 is 2.25 bits per heavy atom. The molecule has 12 heavy (non-hydrogen) atoms. The van der Waals surface area contributed by atoms with Crippen LogP contribution in [0, 0.1) is 0 Å². The average Bonchev–Trinajstić information content (AvgIpc) is 2.03. The van der Waals surface area contributed by atoms with Crippen LogP contribution < -0.4 is 0 Å². The van der Waals surface area contributed by atoms with Crippen molar-refractivity contribution in [3.63, 3.8) is 0 Å². The van der Waals surface area contributed by atoms with Gasteiger partial charge in [-0.05, 0) is 13.8 Å². The molecule has 68 valence electrons. The summed E-state index contributed by atoms with van der Waals surface area (Å²) in [5.74, 6) is -2.12. The Labute approximate surface area is 68.9 Å². The average molecular weight is 174 g/mol. The monoisotopic (exact) mass is 174 g/mol. The van der Waals surface area contributed by atoms with Gasteiger partial charge in [0.1, 0.15) is 0 Å². The van der Waals surface area contributed by atoms with E-state index in [0.717, 1.165) is 0 Å². The molecule has 0 radical (unpaired) electrons. The second-order valence-corrected chi connectivity index (χ2v) is 3.38. The standard InChI is InChI=1S/C7H10O5/c1-6(11)3-7(2,4(8)9)12-5(6)10/h11H,3H2,1-2H3,(H,8,9). The van der Waals surface area contributed by atoms with Crippen molar-refractivity contribution in [3.05, 3.63) is 0 Å². The number of rotatable bonds is 1. The van der Waals surface area contributed by atoms with Gasteiger partial charge in [-0.25, -0.2) is 9.59 Å². The quantitative estimate of drug-likeness (QED) is 0.525. The SMILES string of the molecule is CC1(O)CC(C)(C(=O)O)OC1=O. The number of carbonyl (C=O) groups excluding carboxylic acids is 1. The van der Waals surface area contributed by atoms with Crippen molar-refractivity contribution in [2.75, 3.05) is 0 Å². The summed E-state index contributed by atoms with van der Waals surface area (Å²) in [6.07, 6.45) is -0.214. The maximum atomic E-state index is 10.9. The van der Waals surface area contributed by atoms with E-state index in [2.05, 4.69) is 4.74 Å². The van der Waals surface area contributed by atoms with Crippen LogP contribution in [0.5, 0.6) is 0 Å². The van der Waals surface area contributed by atoms with E-state index < -0.39 is 23.1 Å². The minimum Gasteiger partial charge on any atom is -0.478 e. The number of carboxylic acids is 1. The summed E-state index contributed by atoms with van der Waals surface area (Å²) in [6, 6.07) is 0. The Kier molecular flexibility index (Phi) is 1.64. The lowest BCUT2D eigenvalue weighted by Gasteiger charge is -2.16. The predicted molar refractivity (Wildman–Crippen MR) is 37.4 cm³/mol. The molecule has 0 spiro atoms. The Balaban J connectivity index is 2.92. The van der Waals surface area contributed by atoms with Gasteiger partial charge in [0.25, 0.3) is 0 Å². The van der Waals surface area contributed by atoms with Gasteiger partial charge in [0.05, 0.1) is 0 Å². The Morgan fingerprint density at radius 2 is 2.08 bits per heavy atom. The molecule has 1 saturated heterocycles. The molecular formula is C7H10O5. The van der Waals surface area contributed by atoms with Crippen LogP contribution in [-0.2, 0) is 14.3 Å². The normalized spacial score (nSPS) is 41.1. The summed E-state index contributed by atoms with van der Waals surface area (Å²) in [5, 5.41) is 17.9. The summed E-state index contributed by atoms with van der Waals surface area (Å²) in [5.41, 5.74) is -3.26. The Morgan fingerprint density at radius 1 is 1.58 bits per heavy atom. The fourth-order valence-corrected chi connectivity index (χ4v) is 1.20. The van der Waals surface area contributed by atoms with Crippen molar-refractivity contribution in [2.45, 2.75) is 31.5 Å². The number of cyclic esters (lactones) is 1. The molecule has 1 fully saturated rings. The molecule has 0 aliphatic carbocycles. The third kappa shape index (κ3) is 1.16. The van der Waals surface area contributed by atoms with E-state index in [1.54, 1.807) is 0 Å². The van der Waals surface area contributed by atoms with Crippen molar-refractivity contribution < 1.29 is 24.5 Å². The smallest absolute Gasteiger partial charge is 0.348 e. The highest BCUT2D eigenvalue weighted by Crippen LogP contribution is 2.33. The number of aliphatic carboxylic acids is 1. The first-order valence-corrected chi connectivity index (χ1v) is 3.47. The van der Waals surface area contributed by atoms with Crippen LogP contribution >= 0.6 is 0 Å². The van der Waals surface area contributed by atoms with Crippen LogP contribution in [0.4, 0.5) is 0 Å². The van der Waals surface area contributed by atoms with E-state index in [1.807, 2.05) is 0 Å². The number of carbonyl (C=O) groups is 2. The molecule has 0 saturated carbocycles. The molecule has 1 rings (SSSR count). The summed E-state index contributed by atoms with van der Waals surface area (Å²) in [6.45, 7) is 2.50. The number of carboxylic acid groups (broad SMARTS) is 1. The third-order valence-corrected chi connectivity index (χ3v) is 1.89. The van der Waals surface area contributed by atoms with Crippen molar-refractivity contribution in [1.29, 1.82) is 0 Å². The van der Waals surface area contributed by atoms with E-state index in [1.165, 1.54) is 13.8 Å². The lowest BCUT2D eigenvalue weighted by molar-refractivity contribution is -0.169. The van der Waals surface area contributed by atoms with E-state index >= 15 is 0 Å². The number of hydrogen-bond donors (Lipinski definition) is 2. The summed E-state index contributed by atoms with van der Waals surface area (Å²) in [7, 11) is 0. The minimum atomic E-state index is -1.67. The lowest BCUT2D eigenvalue weighted by Crippen LogP contribution is -2.36. The molecule has 1 aliphatic rings. The van der Waals surface area contributed by atoms with Gasteiger partial charge in [0, 0.05) is 6.42 Å². The molecule has 5 nitrogen and oxygen atoms in total. The molecule has 0 bridgehead atoms. The topological polar surface area (TPSA) is 83.8 Å². The van der Waals surface area contributed by atoms with E-state index in [0.29, 0.717) is 0 Å². The zero-order valence-corrected chi connectivity index (χ0v) is 6.83. The Bertz CT molecular complexity index is 244. The first-order chi connectivity index (χ1) is 5.28. The van der Waals surface area contributed by atoms with Crippen molar-refractivity contribution in [3.8, 4) is 0 Å². The maximum absolute atomic E-state index is 10.9. The molecule has 1 heterocycles. The third-order valence-electron chi connectivity index (χ3n) is 1.89. The summed E-state index contributed by atoms with van der Waals surface area (Å²) < 4.78 is 4.54. The van der Waals surface area contributed by atoms with E-state index in [-0.39, 0.29) is 6.42 Å². The van der Waals surface area contributed by atoms with E-state index in [9.17, 15) is 14.7 Å². The first-order valence-electron chi connectivity index (χ1n) is 3.47. The van der Waals surface area contributed by atoms with Gasteiger partial charge >= 0.3 is 11.9 Å². The number of esters is 1. The molecule has 2 atom stereocenters. The van der Waals surface area contributed by atoms with Gasteiger partial charge in [0.15, 0.2) is 5.60 Å². The van der Waals surface area contributed by atoms with Crippen LogP contribution in [-0.4, -0.2) is 33.4 Å². The summed E-state index contributed by atoms with van der Waals surface area (Å²) >= 11 is 0. The molecule has 0 amide bonds. The van der Waals surface area contributed by atoms with Crippen molar-refractivity contribution >= 4 is 11.9 Å². The highest BCUT2D eigenvalue weighted by Gasteiger charge is 2.55. The van der Waals surface area contributed by atoms with Crippen LogP contribution in [0.1, 0.15) is 20.3 Å².